The zero-order valence-corrected chi connectivity index (χ0v) is 11.2. The molecule has 2 aromatic heterocycles. The zero-order chi connectivity index (χ0) is 13.8. The van der Waals surface area contributed by atoms with Gasteiger partial charge in [0.25, 0.3) is 0 Å². The summed E-state index contributed by atoms with van der Waals surface area (Å²) in [5, 5.41) is 3.99. The summed E-state index contributed by atoms with van der Waals surface area (Å²) in [4.78, 5) is 16.1. The number of nitrogens with zero attached hydrogens (tertiary/aromatic N) is 2. The van der Waals surface area contributed by atoms with Crippen LogP contribution in [0.1, 0.15) is 47.3 Å². The van der Waals surface area contributed by atoms with Gasteiger partial charge in [0.05, 0.1) is 7.11 Å². The number of rotatable bonds is 4. The molecule has 2 heterocycles. The van der Waals surface area contributed by atoms with Crippen molar-refractivity contribution in [3.8, 4) is 0 Å². The van der Waals surface area contributed by atoms with Crippen molar-refractivity contribution < 1.29 is 14.1 Å². The first-order chi connectivity index (χ1) is 9.13. The fraction of sp³-hybridized carbons (Fsp3) is 0.357. The first kappa shape index (κ1) is 13.3. The molecule has 0 atom stereocenters. The molecule has 0 aliphatic rings. The summed E-state index contributed by atoms with van der Waals surface area (Å²) >= 11 is 0. The third kappa shape index (κ3) is 2.81. The van der Waals surface area contributed by atoms with Crippen molar-refractivity contribution in [2.24, 2.45) is 0 Å². The van der Waals surface area contributed by atoms with Gasteiger partial charge in [0, 0.05) is 24.2 Å². The number of esters is 1. The number of carbonyl (C=O) groups is 1. The lowest BCUT2D eigenvalue weighted by Gasteiger charge is -2.04. The fourth-order valence-electron chi connectivity index (χ4n) is 1.85. The molecule has 0 aliphatic heterocycles. The maximum Gasteiger partial charge on any atom is 0.343 e. The van der Waals surface area contributed by atoms with Gasteiger partial charge in [-0.05, 0) is 12.1 Å². The lowest BCUT2D eigenvalue weighted by Crippen LogP contribution is -2.08. The summed E-state index contributed by atoms with van der Waals surface area (Å²) in [5.41, 5.74) is 1.81. The molecule has 0 N–H and O–H groups in total. The van der Waals surface area contributed by atoms with Crippen LogP contribution in [0, 0.1) is 0 Å². The number of hydrogen-bond acceptors (Lipinski definition) is 5. The van der Waals surface area contributed by atoms with E-state index >= 15 is 0 Å². The van der Waals surface area contributed by atoms with Gasteiger partial charge in [-0.15, -0.1) is 0 Å². The first-order valence-corrected chi connectivity index (χ1v) is 6.10. The molecule has 2 rings (SSSR count). The van der Waals surface area contributed by atoms with Gasteiger partial charge >= 0.3 is 5.97 Å². The summed E-state index contributed by atoms with van der Waals surface area (Å²) in [5.74, 6) is 0.202. The molecule has 2 aromatic rings. The molecule has 0 saturated carbocycles. The van der Waals surface area contributed by atoms with E-state index in [1.807, 2.05) is 32.0 Å². The largest absolute Gasteiger partial charge is 0.465 e. The number of hydrogen-bond donors (Lipinski definition) is 0. The van der Waals surface area contributed by atoms with Crippen molar-refractivity contribution in [1.29, 1.82) is 0 Å². The van der Waals surface area contributed by atoms with Crippen LogP contribution in [-0.4, -0.2) is 23.2 Å². The zero-order valence-electron chi connectivity index (χ0n) is 11.2. The van der Waals surface area contributed by atoms with E-state index in [0.717, 1.165) is 5.69 Å². The second-order valence-electron chi connectivity index (χ2n) is 4.51. The molecule has 0 aromatic carbocycles. The summed E-state index contributed by atoms with van der Waals surface area (Å²) in [6.45, 7) is 3.88. The summed E-state index contributed by atoms with van der Waals surface area (Å²) in [7, 11) is 1.35. The Hall–Kier alpha value is -2.17. The van der Waals surface area contributed by atoms with Gasteiger partial charge in [-0.2, -0.15) is 0 Å². The van der Waals surface area contributed by atoms with Gasteiger partial charge in [0.15, 0.2) is 5.76 Å². The van der Waals surface area contributed by atoms with E-state index in [0.29, 0.717) is 23.4 Å². The Balaban J connectivity index is 2.38. The van der Waals surface area contributed by atoms with Crippen LogP contribution in [0.4, 0.5) is 0 Å². The highest BCUT2D eigenvalue weighted by Gasteiger charge is 2.25. The van der Waals surface area contributed by atoms with Crippen LogP contribution in [0.3, 0.4) is 0 Å². The van der Waals surface area contributed by atoms with Gasteiger partial charge in [-0.1, -0.05) is 25.1 Å². The maximum atomic E-state index is 11.9. The monoisotopic (exact) mass is 260 g/mol. The first-order valence-electron chi connectivity index (χ1n) is 6.10. The van der Waals surface area contributed by atoms with Gasteiger partial charge in [-0.25, -0.2) is 4.79 Å². The highest BCUT2D eigenvalue weighted by Crippen LogP contribution is 2.24. The molecule has 100 valence electrons. The van der Waals surface area contributed by atoms with Crippen molar-refractivity contribution in [1.82, 2.24) is 10.1 Å². The minimum Gasteiger partial charge on any atom is -0.465 e. The third-order valence-electron chi connectivity index (χ3n) is 2.78. The van der Waals surface area contributed by atoms with Gasteiger partial charge in [0.2, 0.25) is 0 Å². The van der Waals surface area contributed by atoms with Gasteiger partial charge in [0.1, 0.15) is 11.3 Å². The maximum absolute atomic E-state index is 11.9. The van der Waals surface area contributed by atoms with Crippen LogP contribution in [0.15, 0.2) is 28.9 Å². The molecule has 0 amide bonds. The number of methoxy groups -OCH3 is 1. The van der Waals surface area contributed by atoms with E-state index < -0.39 is 5.97 Å². The van der Waals surface area contributed by atoms with E-state index in [4.69, 9.17) is 9.26 Å². The van der Waals surface area contributed by atoms with Crippen molar-refractivity contribution in [2.45, 2.75) is 26.2 Å². The molecule has 0 aliphatic carbocycles. The number of aromatic nitrogens is 2. The van der Waals surface area contributed by atoms with Crippen molar-refractivity contribution in [3.05, 3.63) is 47.1 Å². The van der Waals surface area contributed by atoms with E-state index in [1.54, 1.807) is 6.20 Å². The van der Waals surface area contributed by atoms with Crippen LogP contribution in [0.5, 0.6) is 0 Å². The Morgan fingerprint density at radius 2 is 2.21 bits per heavy atom. The quantitative estimate of drug-likeness (QED) is 0.790. The smallest absolute Gasteiger partial charge is 0.343 e. The molecule has 0 fully saturated rings. The molecule has 5 heteroatoms. The number of pyridine rings is 1. The molecule has 0 unspecified atom stereocenters. The molecule has 0 spiro atoms. The van der Waals surface area contributed by atoms with E-state index in [1.165, 1.54) is 7.11 Å². The topological polar surface area (TPSA) is 65.2 Å². The number of carbonyl (C=O) groups excluding carboxylic acids is 1. The van der Waals surface area contributed by atoms with Crippen LogP contribution in [0.25, 0.3) is 0 Å². The standard InChI is InChI=1S/C14H16N2O3/c1-9(2)13-12(14(17)18-3)11(16-19-13)8-10-6-4-5-7-15-10/h4-7,9H,8H2,1-3H3. The highest BCUT2D eigenvalue weighted by atomic mass is 16.5. The molecule has 5 nitrogen and oxygen atoms in total. The SMILES string of the molecule is COC(=O)c1c(Cc2ccccn2)noc1C(C)C. The average molecular weight is 260 g/mol. The lowest BCUT2D eigenvalue weighted by atomic mass is 10.0. The van der Waals surface area contributed by atoms with E-state index in [9.17, 15) is 4.79 Å². The van der Waals surface area contributed by atoms with Crippen molar-refractivity contribution in [2.75, 3.05) is 7.11 Å². The van der Waals surface area contributed by atoms with Gasteiger partial charge in [-0.3, -0.25) is 4.98 Å². The van der Waals surface area contributed by atoms with E-state index in [-0.39, 0.29) is 5.92 Å². The molecule has 0 radical (unpaired) electrons. The predicted octanol–water partition coefficient (Wildman–Crippen LogP) is 2.57. The normalized spacial score (nSPS) is 10.7. The minimum atomic E-state index is -0.420. The van der Waals surface area contributed by atoms with Crippen LogP contribution in [-0.2, 0) is 11.2 Å². The summed E-state index contributed by atoms with van der Waals surface area (Å²) in [6.07, 6.45) is 2.15. The minimum absolute atomic E-state index is 0.0686. The lowest BCUT2D eigenvalue weighted by molar-refractivity contribution is 0.0596. The van der Waals surface area contributed by atoms with Crippen LogP contribution in [0.2, 0.25) is 0 Å². The Bertz CT molecular complexity index is 561. The number of ether oxygens (including phenoxy) is 1. The highest BCUT2D eigenvalue weighted by molar-refractivity contribution is 5.91. The third-order valence-corrected chi connectivity index (χ3v) is 2.78. The van der Waals surface area contributed by atoms with Crippen LogP contribution < -0.4 is 0 Å². The average Bonchev–Trinajstić information content (AvgIpc) is 2.83. The molecule has 0 bridgehead atoms. The predicted molar refractivity (Wildman–Crippen MR) is 69.0 cm³/mol. The Labute approximate surface area is 111 Å². The molecular formula is C14H16N2O3. The summed E-state index contributed by atoms with van der Waals surface area (Å²) in [6, 6.07) is 5.61. The van der Waals surface area contributed by atoms with Crippen LogP contribution >= 0.6 is 0 Å². The second-order valence-corrected chi connectivity index (χ2v) is 4.51. The Kier molecular flexibility index (Phi) is 3.94. The van der Waals surface area contributed by atoms with Crippen molar-refractivity contribution >= 4 is 5.97 Å². The fourth-order valence-corrected chi connectivity index (χ4v) is 1.85. The van der Waals surface area contributed by atoms with Gasteiger partial charge < -0.3 is 9.26 Å². The Morgan fingerprint density at radius 1 is 1.42 bits per heavy atom. The molecule has 0 saturated heterocycles. The molecule has 19 heavy (non-hydrogen) atoms. The summed E-state index contributed by atoms with van der Waals surface area (Å²) < 4.78 is 10.1. The second kappa shape index (κ2) is 5.65. The van der Waals surface area contributed by atoms with E-state index in [2.05, 4.69) is 10.1 Å². The molecular weight excluding hydrogens is 244 g/mol. The van der Waals surface area contributed by atoms with Crippen molar-refractivity contribution in [3.63, 3.8) is 0 Å². The Morgan fingerprint density at radius 3 is 2.79 bits per heavy atom.